The highest BCUT2D eigenvalue weighted by Gasteiger charge is 2.12. The fraction of sp³-hybridized carbons (Fsp3) is 0.250. The number of para-hydroxylation sites is 1. The average Bonchev–Trinajstić information content (AvgIpc) is 3.08. The Labute approximate surface area is 141 Å². The van der Waals surface area contributed by atoms with Crippen LogP contribution in [0.5, 0.6) is 0 Å². The molecule has 0 N–H and O–H groups in total. The van der Waals surface area contributed by atoms with Gasteiger partial charge in [0.15, 0.2) is 0 Å². The number of hydrogen-bond acceptors (Lipinski definition) is 3. The molecule has 0 fully saturated rings. The Bertz CT molecular complexity index is 770. The second kappa shape index (κ2) is 7.77. The number of hydrogen-bond donors (Lipinski definition) is 0. The molecule has 0 saturated heterocycles. The normalized spacial score (nSPS) is 10.8. The van der Waals surface area contributed by atoms with Gasteiger partial charge in [0, 0.05) is 17.8 Å². The highest BCUT2D eigenvalue weighted by atomic mass is 19.1. The lowest BCUT2D eigenvalue weighted by molar-refractivity contribution is 0.569. The number of benzene rings is 2. The largest absolute Gasteiger partial charge is 0.444 e. The molecule has 0 spiro atoms. The van der Waals surface area contributed by atoms with E-state index in [9.17, 15) is 4.39 Å². The average molecular weight is 324 g/mol. The van der Waals surface area contributed by atoms with Crippen LogP contribution < -0.4 is 4.90 Å². The van der Waals surface area contributed by atoms with E-state index in [0.717, 1.165) is 25.1 Å². The van der Waals surface area contributed by atoms with Crippen LogP contribution in [0.4, 0.5) is 10.1 Å². The Morgan fingerprint density at radius 1 is 1.08 bits per heavy atom. The number of anilines is 1. The molecule has 0 atom stereocenters. The van der Waals surface area contributed by atoms with Gasteiger partial charge in [0.05, 0.1) is 12.2 Å². The van der Waals surface area contributed by atoms with Gasteiger partial charge in [-0.15, -0.1) is 0 Å². The number of rotatable bonds is 7. The van der Waals surface area contributed by atoms with Crippen molar-refractivity contribution in [1.82, 2.24) is 4.98 Å². The molecule has 0 unspecified atom stereocenters. The molecule has 3 nitrogen and oxygen atoms in total. The molecular formula is C20H21FN2O. The summed E-state index contributed by atoms with van der Waals surface area (Å²) in [6.45, 7) is 3.81. The van der Waals surface area contributed by atoms with Gasteiger partial charge in [-0.25, -0.2) is 9.37 Å². The van der Waals surface area contributed by atoms with Gasteiger partial charge in [-0.1, -0.05) is 37.6 Å². The molecule has 1 aromatic heterocycles. The summed E-state index contributed by atoms with van der Waals surface area (Å²) in [5.41, 5.74) is 2.66. The molecule has 3 aromatic rings. The summed E-state index contributed by atoms with van der Waals surface area (Å²) >= 11 is 0. The van der Waals surface area contributed by atoms with Crippen LogP contribution in [0, 0.1) is 5.82 Å². The van der Waals surface area contributed by atoms with E-state index in [1.165, 1.54) is 17.8 Å². The standard InChI is InChI=1S/C20H21FN2O/c1-2-3-12-23(19-10-5-4-6-11-19)14-18-15-24-20(22-18)16-8-7-9-17(21)13-16/h4-11,13,15H,2-3,12,14H2,1H3. The van der Waals surface area contributed by atoms with Gasteiger partial charge in [0.25, 0.3) is 0 Å². The molecule has 0 bridgehead atoms. The van der Waals surface area contributed by atoms with Crippen molar-refractivity contribution in [1.29, 1.82) is 0 Å². The minimum absolute atomic E-state index is 0.291. The summed E-state index contributed by atoms with van der Waals surface area (Å²) < 4.78 is 18.9. The predicted octanol–water partition coefficient (Wildman–Crippen LogP) is 5.29. The first-order valence-corrected chi connectivity index (χ1v) is 8.26. The van der Waals surface area contributed by atoms with Gasteiger partial charge in [0.1, 0.15) is 12.1 Å². The maximum Gasteiger partial charge on any atom is 0.226 e. The Hall–Kier alpha value is -2.62. The van der Waals surface area contributed by atoms with Crippen molar-refractivity contribution in [2.75, 3.05) is 11.4 Å². The molecule has 124 valence electrons. The quantitative estimate of drug-likeness (QED) is 0.591. The van der Waals surface area contributed by atoms with E-state index in [0.29, 0.717) is 18.0 Å². The van der Waals surface area contributed by atoms with E-state index in [1.807, 2.05) is 18.2 Å². The zero-order valence-corrected chi connectivity index (χ0v) is 13.8. The first kappa shape index (κ1) is 16.2. The van der Waals surface area contributed by atoms with Gasteiger partial charge in [-0.05, 0) is 36.8 Å². The van der Waals surface area contributed by atoms with E-state index in [4.69, 9.17) is 4.42 Å². The minimum atomic E-state index is -0.291. The smallest absolute Gasteiger partial charge is 0.226 e. The molecule has 3 rings (SSSR count). The van der Waals surface area contributed by atoms with Crippen LogP contribution in [0.25, 0.3) is 11.5 Å². The maximum atomic E-state index is 13.4. The van der Waals surface area contributed by atoms with E-state index < -0.39 is 0 Å². The van der Waals surface area contributed by atoms with Crippen LogP contribution in [0.15, 0.2) is 65.3 Å². The molecule has 0 amide bonds. The fourth-order valence-corrected chi connectivity index (χ4v) is 2.62. The summed E-state index contributed by atoms with van der Waals surface area (Å²) in [5.74, 6) is 0.161. The van der Waals surface area contributed by atoms with E-state index in [2.05, 4.69) is 28.9 Å². The van der Waals surface area contributed by atoms with Gasteiger partial charge >= 0.3 is 0 Å². The SMILES string of the molecule is CCCCN(Cc1coc(-c2cccc(F)c2)n1)c1ccccc1. The van der Waals surface area contributed by atoms with Crippen LogP contribution >= 0.6 is 0 Å². The third-order valence-electron chi connectivity index (χ3n) is 3.88. The number of unbranched alkanes of at least 4 members (excludes halogenated alkanes) is 1. The lowest BCUT2D eigenvalue weighted by Gasteiger charge is -2.23. The van der Waals surface area contributed by atoms with Crippen molar-refractivity contribution < 1.29 is 8.81 Å². The Morgan fingerprint density at radius 3 is 2.67 bits per heavy atom. The van der Waals surface area contributed by atoms with Crippen LogP contribution in [0.3, 0.4) is 0 Å². The van der Waals surface area contributed by atoms with Gasteiger partial charge in [0.2, 0.25) is 5.89 Å². The molecule has 0 aliphatic rings. The molecule has 0 saturated carbocycles. The van der Waals surface area contributed by atoms with Crippen molar-refractivity contribution in [3.8, 4) is 11.5 Å². The van der Waals surface area contributed by atoms with Crippen molar-refractivity contribution in [3.63, 3.8) is 0 Å². The van der Waals surface area contributed by atoms with Gasteiger partial charge < -0.3 is 9.32 Å². The molecule has 0 aliphatic carbocycles. The molecule has 2 aromatic carbocycles. The summed E-state index contributed by atoms with van der Waals surface area (Å²) in [4.78, 5) is 6.81. The maximum absolute atomic E-state index is 13.4. The number of oxazole rings is 1. The number of aromatic nitrogens is 1. The molecule has 24 heavy (non-hydrogen) atoms. The zero-order chi connectivity index (χ0) is 16.8. The van der Waals surface area contributed by atoms with E-state index >= 15 is 0 Å². The van der Waals surface area contributed by atoms with Crippen LogP contribution in [-0.2, 0) is 6.54 Å². The van der Waals surface area contributed by atoms with Crippen molar-refractivity contribution >= 4 is 5.69 Å². The second-order valence-corrected chi connectivity index (χ2v) is 5.77. The Balaban J connectivity index is 1.78. The molecule has 0 aliphatic heterocycles. The summed E-state index contributed by atoms with van der Waals surface area (Å²) in [6, 6.07) is 16.6. The first-order valence-electron chi connectivity index (χ1n) is 8.26. The Morgan fingerprint density at radius 2 is 1.92 bits per heavy atom. The van der Waals surface area contributed by atoms with E-state index in [1.54, 1.807) is 18.4 Å². The lowest BCUT2D eigenvalue weighted by Crippen LogP contribution is -2.23. The zero-order valence-electron chi connectivity index (χ0n) is 13.8. The fourth-order valence-electron chi connectivity index (χ4n) is 2.62. The molecular weight excluding hydrogens is 303 g/mol. The molecule has 0 radical (unpaired) electrons. The van der Waals surface area contributed by atoms with Crippen LogP contribution in [-0.4, -0.2) is 11.5 Å². The van der Waals surface area contributed by atoms with Gasteiger partial charge in [-0.3, -0.25) is 0 Å². The summed E-state index contributed by atoms with van der Waals surface area (Å²) in [6.07, 6.45) is 3.91. The summed E-state index contributed by atoms with van der Waals surface area (Å²) in [7, 11) is 0. The lowest BCUT2D eigenvalue weighted by atomic mass is 10.2. The topological polar surface area (TPSA) is 29.3 Å². The van der Waals surface area contributed by atoms with E-state index in [-0.39, 0.29) is 5.82 Å². The molecule has 1 heterocycles. The summed E-state index contributed by atoms with van der Waals surface area (Å²) in [5, 5.41) is 0. The number of halogens is 1. The first-order chi connectivity index (χ1) is 11.8. The van der Waals surface area contributed by atoms with Crippen molar-refractivity contribution in [3.05, 3.63) is 72.4 Å². The third kappa shape index (κ3) is 4.02. The Kier molecular flexibility index (Phi) is 5.26. The second-order valence-electron chi connectivity index (χ2n) is 5.77. The minimum Gasteiger partial charge on any atom is -0.444 e. The highest BCUT2D eigenvalue weighted by molar-refractivity contribution is 5.53. The van der Waals surface area contributed by atoms with Crippen LogP contribution in [0.1, 0.15) is 25.5 Å². The van der Waals surface area contributed by atoms with Gasteiger partial charge in [-0.2, -0.15) is 0 Å². The van der Waals surface area contributed by atoms with Crippen molar-refractivity contribution in [2.24, 2.45) is 0 Å². The highest BCUT2D eigenvalue weighted by Crippen LogP contribution is 2.22. The van der Waals surface area contributed by atoms with Crippen LogP contribution in [0.2, 0.25) is 0 Å². The van der Waals surface area contributed by atoms with Crippen molar-refractivity contribution in [2.45, 2.75) is 26.3 Å². The number of nitrogens with zero attached hydrogens (tertiary/aromatic N) is 2. The predicted molar refractivity (Wildman–Crippen MR) is 94.3 cm³/mol. The monoisotopic (exact) mass is 324 g/mol. The third-order valence-corrected chi connectivity index (χ3v) is 3.88. The molecule has 4 heteroatoms.